The first-order chi connectivity index (χ1) is 10.2. The lowest BCUT2D eigenvalue weighted by Crippen LogP contribution is -2.46. The van der Waals surface area contributed by atoms with Crippen molar-refractivity contribution in [2.75, 3.05) is 26.4 Å². The Hall–Kier alpha value is -1.79. The number of fused-ring (bicyclic) bond motifs is 1. The molecule has 21 heavy (non-hydrogen) atoms. The summed E-state index contributed by atoms with van der Waals surface area (Å²) in [5.74, 6) is 0.993. The van der Waals surface area contributed by atoms with E-state index >= 15 is 0 Å². The van der Waals surface area contributed by atoms with Crippen molar-refractivity contribution in [1.82, 2.24) is 5.32 Å². The van der Waals surface area contributed by atoms with Crippen molar-refractivity contribution in [2.45, 2.75) is 26.2 Å². The molecule has 116 valence electrons. The summed E-state index contributed by atoms with van der Waals surface area (Å²) in [6.07, 6.45) is -1.11. The number of carbonyl (C=O) groups is 1. The molecule has 1 aromatic rings. The van der Waals surface area contributed by atoms with Gasteiger partial charge in [-0.05, 0) is 26.0 Å². The van der Waals surface area contributed by atoms with Gasteiger partial charge in [-0.15, -0.1) is 0 Å². The summed E-state index contributed by atoms with van der Waals surface area (Å²) in [5, 5.41) is 2.76. The van der Waals surface area contributed by atoms with E-state index in [0.717, 1.165) is 0 Å². The Balaban J connectivity index is 1.84. The first-order valence-electron chi connectivity index (χ1n) is 7.14. The van der Waals surface area contributed by atoms with Crippen LogP contribution in [0.25, 0.3) is 0 Å². The van der Waals surface area contributed by atoms with Crippen molar-refractivity contribution in [2.24, 2.45) is 0 Å². The zero-order valence-electron chi connectivity index (χ0n) is 12.3. The molecule has 0 aliphatic carbocycles. The molecule has 0 saturated heterocycles. The molecule has 0 fully saturated rings. The van der Waals surface area contributed by atoms with Crippen LogP contribution >= 0.6 is 0 Å². The lowest BCUT2D eigenvalue weighted by molar-refractivity contribution is -0.144. The molecule has 1 N–H and O–H groups in total. The van der Waals surface area contributed by atoms with Crippen LogP contribution in [-0.4, -0.2) is 44.7 Å². The van der Waals surface area contributed by atoms with Crippen LogP contribution in [0.15, 0.2) is 24.3 Å². The first kappa shape index (κ1) is 15.6. The number of hydrogen-bond acceptors (Lipinski definition) is 5. The molecule has 1 amide bonds. The number of ether oxygens (including phenoxy) is 4. The maximum atomic E-state index is 12.1. The minimum atomic E-state index is -0.663. The summed E-state index contributed by atoms with van der Waals surface area (Å²) in [5.41, 5.74) is 0. The number of carbonyl (C=O) groups excluding carboxylic acids is 1. The molecule has 1 heterocycles. The zero-order valence-corrected chi connectivity index (χ0v) is 12.3. The predicted molar refractivity (Wildman–Crippen MR) is 76.4 cm³/mol. The lowest BCUT2D eigenvalue weighted by atomic mass is 10.2. The highest BCUT2D eigenvalue weighted by atomic mass is 16.7. The van der Waals surface area contributed by atoms with E-state index in [0.29, 0.717) is 24.7 Å². The summed E-state index contributed by atoms with van der Waals surface area (Å²) in [4.78, 5) is 12.1. The van der Waals surface area contributed by atoms with Gasteiger partial charge in [-0.2, -0.15) is 0 Å². The maximum Gasteiger partial charge on any atom is 0.264 e. The third-order valence-electron chi connectivity index (χ3n) is 2.95. The molecular formula is C15H21NO5. The fraction of sp³-hybridized carbons (Fsp3) is 0.533. The molecule has 0 spiro atoms. The zero-order chi connectivity index (χ0) is 15.1. The Morgan fingerprint density at radius 1 is 1.29 bits per heavy atom. The van der Waals surface area contributed by atoms with Gasteiger partial charge in [0.05, 0.1) is 6.54 Å². The van der Waals surface area contributed by atoms with Gasteiger partial charge in [0.2, 0.25) is 6.10 Å². The van der Waals surface area contributed by atoms with Crippen molar-refractivity contribution in [3.63, 3.8) is 0 Å². The van der Waals surface area contributed by atoms with Crippen LogP contribution in [0, 0.1) is 0 Å². The van der Waals surface area contributed by atoms with Gasteiger partial charge in [-0.25, -0.2) is 0 Å². The third kappa shape index (κ3) is 4.34. The summed E-state index contributed by atoms with van der Waals surface area (Å²) in [7, 11) is 0. The molecule has 0 bridgehead atoms. The van der Waals surface area contributed by atoms with Crippen molar-refractivity contribution in [1.29, 1.82) is 0 Å². The Morgan fingerprint density at radius 3 is 2.62 bits per heavy atom. The van der Waals surface area contributed by atoms with Gasteiger partial charge in [0.15, 0.2) is 17.8 Å². The highest BCUT2D eigenvalue weighted by Crippen LogP contribution is 2.30. The number of amides is 1. The fourth-order valence-corrected chi connectivity index (χ4v) is 1.98. The number of benzene rings is 1. The van der Waals surface area contributed by atoms with E-state index in [2.05, 4.69) is 5.32 Å². The quantitative estimate of drug-likeness (QED) is 0.769. The topological polar surface area (TPSA) is 66.0 Å². The van der Waals surface area contributed by atoms with Crippen molar-refractivity contribution in [3.8, 4) is 11.5 Å². The molecule has 6 nitrogen and oxygen atoms in total. The van der Waals surface area contributed by atoms with Crippen LogP contribution in [0.4, 0.5) is 0 Å². The van der Waals surface area contributed by atoms with Crippen molar-refractivity contribution >= 4 is 5.91 Å². The van der Waals surface area contributed by atoms with Crippen LogP contribution in [0.5, 0.6) is 11.5 Å². The molecule has 1 aromatic carbocycles. The van der Waals surface area contributed by atoms with Crippen LogP contribution < -0.4 is 14.8 Å². The molecule has 1 atom stereocenters. The molecule has 0 saturated carbocycles. The Morgan fingerprint density at radius 2 is 1.95 bits per heavy atom. The molecule has 1 aliphatic rings. The molecule has 0 aromatic heterocycles. The van der Waals surface area contributed by atoms with E-state index in [1.165, 1.54) is 0 Å². The van der Waals surface area contributed by atoms with Gasteiger partial charge in [0, 0.05) is 13.2 Å². The number of para-hydroxylation sites is 2. The molecule has 2 rings (SSSR count). The van der Waals surface area contributed by atoms with Crippen molar-refractivity contribution in [3.05, 3.63) is 24.3 Å². The molecule has 0 unspecified atom stereocenters. The fourth-order valence-electron chi connectivity index (χ4n) is 1.98. The highest BCUT2D eigenvalue weighted by molar-refractivity contribution is 5.81. The minimum Gasteiger partial charge on any atom is -0.485 e. The van der Waals surface area contributed by atoms with E-state index in [-0.39, 0.29) is 19.1 Å². The lowest BCUT2D eigenvalue weighted by Gasteiger charge is -2.26. The van der Waals surface area contributed by atoms with Crippen LogP contribution in [0.1, 0.15) is 13.8 Å². The largest absolute Gasteiger partial charge is 0.485 e. The normalized spacial score (nSPS) is 16.8. The molecule has 1 aliphatic heterocycles. The number of nitrogens with one attached hydrogen (secondary N) is 1. The SMILES string of the molecule is CCOC(CNC(=O)[C@@H]1COc2ccccc2O1)OCC. The molecule has 0 radical (unpaired) electrons. The van der Waals surface area contributed by atoms with Gasteiger partial charge in [0.1, 0.15) is 6.61 Å². The van der Waals surface area contributed by atoms with Crippen molar-refractivity contribution < 1.29 is 23.7 Å². The Kier molecular flexibility index (Phi) is 5.83. The second kappa shape index (κ2) is 7.85. The van der Waals surface area contributed by atoms with E-state index in [1.54, 1.807) is 6.07 Å². The monoisotopic (exact) mass is 295 g/mol. The average Bonchev–Trinajstić information content (AvgIpc) is 2.52. The highest BCUT2D eigenvalue weighted by Gasteiger charge is 2.27. The standard InChI is InChI=1S/C15H21NO5/c1-3-18-14(19-4-2)9-16-15(17)13-10-20-11-7-5-6-8-12(11)21-13/h5-8,13-14H,3-4,9-10H2,1-2H3,(H,16,17)/t13-/m0/s1. The second-order valence-electron chi connectivity index (χ2n) is 4.45. The third-order valence-corrected chi connectivity index (χ3v) is 2.95. The van der Waals surface area contributed by atoms with Crippen LogP contribution in [0.2, 0.25) is 0 Å². The predicted octanol–water partition coefficient (Wildman–Crippen LogP) is 1.34. The maximum absolute atomic E-state index is 12.1. The van der Waals surface area contributed by atoms with Gasteiger partial charge in [0.25, 0.3) is 5.91 Å². The van der Waals surface area contributed by atoms with Gasteiger partial charge >= 0.3 is 0 Å². The first-order valence-corrected chi connectivity index (χ1v) is 7.14. The Labute approximate surface area is 124 Å². The summed E-state index contributed by atoms with van der Waals surface area (Å²) in [6.45, 7) is 5.28. The van der Waals surface area contributed by atoms with E-state index in [9.17, 15) is 4.79 Å². The smallest absolute Gasteiger partial charge is 0.264 e. The minimum absolute atomic E-state index is 0.191. The van der Waals surface area contributed by atoms with E-state index in [4.69, 9.17) is 18.9 Å². The number of hydrogen-bond donors (Lipinski definition) is 1. The van der Waals surface area contributed by atoms with Gasteiger partial charge in [-0.1, -0.05) is 12.1 Å². The van der Waals surface area contributed by atoms with E-state index < -0.39 is 12.4 Å². The number of rotatable bonds is 7. The van der Waals surface area contributed by atoms with Gasteiger partial charge in [-0.3, -0.25) is 4.79 Å². The summed E-state index contributed by atoms with van der Waals surface area (Å²) in [6, 6.07) is 7.28. The van der Waals surface area contributed by atoms with Crippen LogP contribution in [0.3, 0.4) is 0 Å². The summed E-state index contributed by atoms with van der Waals surface area (Å²) < 4.78 is 21.9. The van der Waals surface area contributed by atoms with E-state index in [1.807, 2.05) is 32.0 Å². The summed E-state index contributed by atoms with van der Waals surface area (Å²) >= 11 is 0. The van der Waals surface area contributed by atoms with Gasteiger partial charge < -0.3 is 24.3 Å². The average molecular weight is 295 g/mol. The van der Waals surface area contributed by atoms with Crippen LogP contribution in [-0.2, 0) is 14.3 Å². The molecular weight excluding hydrogens is 274 g/mol. The Bertz CT molecular complexity index is 459. The second-order valence-corrected chi connectivity index (χ2v) is 4.45. The molecule has 6 heteroatoms.